The summed E-state index contributed by atoms with van der Waals surface area (Å²) in [4.78, 5) is 27.3. The second kappa shape index (κ2) is 13.2. The summed E-state index contributed by atoms with van der Waals surface area (Å²) in [5, 5.41) is 4.53. The Balaban J connectivity index is 0.00000408. The molecule has 1 aromatic carbocycles. The first-order chi connectivity index (χ1) is 15.9. The first kappa shape index (κ1) is 28.2. The van der Waals surface area contributed by atoms with Gasteiger partial charge in [-0.05, 0) is 52.1 Å². The van der Waals surface area contributed by atoms with E-state index in [0.29, 0.717) is 35.1 Å². The maximum atomic E-state index is 14.0. The number of piperidine rings is 1. The van der Waals surface area contributed by atoms with Gasteiger partial charge in [-0.15, -0.1) is 12.4 Å². The lowest BCUT2D eigenvalue weighted by molar-refractivity contribution is -0.119. The summed E-state index contributed by atoms with van der Waals surface area (Å²) in [5.74, 6) is -0.176. The number of para-hydroxylation sites is 1. The molecule has 1 atom stereocenters. The minimum Gasteiger partial charge on any atom is -0.482 e. The van der Waals surface area contributed by atoms with Gasteiger partial charge in [0.1, 0.15) is 11.4 Å². The molecule has 3 N–H and O–H groups in total. The van der Waals surface area contributed by atoms with E-state index in [1.165, 1.54) is 0 Å². The number of methoxy groups -OCH3 is 1. The number of nitrogens with two attached hydrogens (primary N) is 1. The molecule has 1 saturated heterocycles. The first-order valence-electron chi connectivity index (χ1n) is 11.6. The van der Waals surface area contributed by atoms with Gasteiger partial charge in [-0.25, -0.2) is 0 Å². The van der Waals surface area contributed by atoms with Gasteiger partial charge < -0.3 is 30.0 Å². The number of unbranched alkanes of at least 4 members (excludes halogenated alkanes) is 1. The highest BCUT2D eigenvalue weighted by molar-refractivity contribution is 6.39. The summed E-state index contributed by atoms with van der Waals surface area (Å²) >= 11 is 6.86. The Hall–Kier alpha value is -2.00. The molecule has 2 heterocycles. The lowest BCUT2D eigenvalue weighted by atomic mass is 10.0. The van der Waals surface area contributed by atoms with Gasteiger partial charge in [-0.2, -0.15) is 0 Å². The first-order valence-corrected chi connectivity index (χ1v) is 12.0. The molecular weight excluding hydrogens is 479 g/mol. The molecule has 0 bridgehead atoms. The number of aryl methyl sites for hydroxylation is 1. The average molecular weight is 515 g/mol. The number of ether oxygens (including phenoxy) is 2. The van der Waals surface area contributed by atoms with Crippen molar-refractivity contribution in [1.82, 2.24) is 14.8 Å². The van der Waals surface area contributed by atoms with Crippen LogP contribution in [0.5, 0.6) is 5.75 Å². The van der Waals surface area contributed by atoms with Crippen molar-refractivity contribution in [2.24, 2.45) is 5.73 Å². The quantitative estimate of drug-likeness (QED) is 0.446. The Kier molecular flexibility index (Phi) is 11.0. The molecule has 0 aliphatic carbocycles. The molecule has 0 spiro atoms. The van der Waals surface area contributed by atoms with Crippen molar-refractivity contribution in [2.45, 2.75) is 58.2 Å². The van der Waals surface area contributed by atoms with Crippen molar-refractivity contribution in [3.63, 3.8) is 0 Å². The SMILES string of the molecule is COCCCCn1c(C(=O)N(C(C)C)[C@@H]2CCCNC2)c(Cl)c2cccc(OCC(N)=O)c21.Cl. The molecular formula is C24H36Cl2N4O4. The Morgan fingerprint density at radius 3 is 2.71 bits per heavy atom. The van der Waals surface area contributed by atoms with Crippen LogP contribution in [-0.4, -0.2) is 66.8 Å². The number of primary amides is 1. The molecule has 10 heteroatoms. The largest absolute Gasteiger partial charge is 0.482 e. The van der Waals surface area contributed by atoms with Crippen LogP contribution in [0.15, 0.2) is 18.2 Å². The number of amides is 2. The number of fused-ring (bicyclic) bond motifs is 1. The molecule has 0 saturated carbocycles. The number of hydrogen-bond donors (Lipinski definition) is 2. The highest BCUT2D eigenvalue weighted by atomic mass is 35.5. The number of carbonyl (C=O) groups excluding carboxylic acids is 2. The lowest BCUT2D eigenvalue weighted by Gasteiger charge is -2.38. The highest BCUT2D eigenvalue weighted by Gasteiger charge is 2.33. The summed E-state index contributed by atoms with van der Waals surface area (Å²) in [6, 6.07) is 5.57. The van der Waals surface area contributed by atoms with E-state index in [1.807, 2.05) is 29.4 Å². The van der Waals surface area contributed by atoms with Gasteiger partial charge in [0.25, 0.3) is 11.8 Å². The van der Waals surface area contributed by atoms with Crippen molar-refractivity contribution < 1.29 is 19.1 Å². The summed E-state index contributed by atoms with van der Waals surface area (Å²) < 4.78 is 12.8. The monoisotopic (exact) mass is 514 g/mol. The van der Waals surface area contributed by atoms with Crippen molar-refractivity contribution in [3.8, 4) is 5.75 Å². The van der Waals surface area contributed by atoms with E-state index in [-0.39, 0.29) is 37.0 Å². The fourth-order valence-corrected chi connectivity index (χ4v) is 4.90. The third-order valence-corrected chi connectivity index (χ3v) is 6.37. The van der Waals surface area contributed by atoms with E-state index in [9.17, 15) is 9.59 Å². The summed E-state index contributed by atoms with van der Waals surface area (Å²) in [7, 11) is 1.67. The fourth-order valence-electron chi connectivity index (χ4n) is 4.57. The van der Waals surface area contributed by atoms with E-state index in [1.54, 1.807) is 19.2 Å². The van der Waals surface area contributed by atoms with Gasteiger partial charge in [0.15, 0.2) is 6.61 Å². The molecule has 0 unspecified atom stereocenters. The Labute approximate surface area is 212 Å². The Bertz CT molecular complexity index is 974. The maximum absolute atomic E-state index is 14.0. The van der Waals surface area contributed by atoms with Crippen LogP contribution in [0.4, 0.5) is 0 Å². The molecule has 2 aromatic rings. The van der Waals surface area contributed by atoms with Gasteiger partial charge in [-0.1, -0.05) is 23.7 Å². The molecule has 2 amide bonds. The second-order valence-corrected chi connectivity index (χ2v) is 9.11. The Morgan fingerprint density at radius 1 is 1.32 bits per heavy atom. The number of rotatable bonds is 11. The number of aromatic nitrogens is 1. The van der Waals surface area contributed by atoms with Crippen molar-refractivity contribution in [3.05, 3.63) is 28.9 Å². The molecule has 8 nitrogen and oxygen atoms in total. The zero-order chi connectivity index (χ0) is 24.0. The summed E-state index contributed by atoms with van der Waals surface area (Å²) in [5.41, 5.74) is 6.46. The molecule has 1 fully saturated rings. The van der Waals surface area contributed by atoms with Crippen LogP contribution in [0.25, 0.3) is 10.9 Å². The van der Waals surface area contributed by atoms with Crippen LogP contribution in [0.2, 0.25) is 5.02 Å². The number of nitrogens with zero attached hydrogens (tertiary/aromatic N) is 2. The van der Waals surface area contributed by atoms with Crippen molar-refractivity contribution in [2.75, 3.05) is 33.4 Å². The third-order valence-electron chi connectivity index (χ3n) is 5.99. The fraction of sp³-hybridized carbons (Fsp3) is 0.583. The maximum Gasteiger partial charge on any atom is 0.272 e. The highest BCUT2D eigenvalue weighted by Crippen LogP contribution is 2.38. The molecule has 3 rings (SSSR count). The van der Waals surface area contributed by atoms with Crippen LogP contribution in [0, 0.1) is 0 Å². The molecule has 1 aliphatic heterocycles. The van der Waals surface area contributed by atoms with Crippen LogP contribution < -0.4 is 15.8 Å². The van der Waals surface area contributed by atoms with Crippen LogP contribution >= 0.6 is 24.0 Å². The van der Waals surface area contributed by atoms with Gasteiger partial charge in [0.05, 0.1) is 10.5 Å². The zero-order valence-corrected chi connectivity index (χ0v) is 21.7. The number of benzene rings is 1. The average Bonchev–Trinajstić information content (AvgIpc) is 3.08. The Morgan fingerprint density at radius 2 is 2.09 bits per heavy atom. The minimum atomic E-state index is -0.566. The predicted molar refractivity (Wildman–Crippen MR) is 137 cm³/mol. The number of halogens is 2. The third kappa shape index (κ3) is 6.36. The van der Waals surface area contributed by atoms with Crippen molar-refractivity contribution in [1.29, 1.82) is 0 Å². The topological polar surface area (TPSA) is 98.8 Å². The minimum absolute atomic E-state index is 0. The molecule has 34 heavy (non-hydrogen) atoms. The number of hydrogen-bond acceptors (Lipinski definition) is 5. The van der Waals surface area contributed by atoms with Gasteiger partial charge in [0.2, 0.25) is 0 Å². The van der Waals surface area contributed by atoms with Crippen LogP contribution in [0.3, 0.4) is 0 Å². The van der Waals surface area contributed by atoms with Gasteiger partial charge >= 0.3 is 0 Å². The predicted octanol–water partition coefficient (Wildman–Crippen LogP) is 3.61. The molecule has 0 radical (unpaired) electrons. The van der Waals surface area contributed by atoms with E-state index >= 15 is 0 Å². The number of carbonyl (C=O) groups is 2. The molecule has 1 aromatic heterocycles. The van der Waals surface area contributed by atoms with E-state index in [0.717, 1.165) is 44.2 Å². The summed E-state index contributed by atoms with van der Waals surface area (Å²) in [6.07, 6.45) is 3.62. The van der Waals surface area contributed by atoms with E-state index in [2.05, 4.69) is 5.32 Å². The molecule has 190 valence electrons. The lowest BCUT2D eigenvalue weighted by Crippen LogP contribution is -2.52. The van der Waals surface area contributed by atoms with Crippen LogP contribution in [0.1, 0.15) is 50.0 Å². The van der Waals surface area contributed by atoms with E-state index in [4.69, 9.17) is 26.8 Å². The zero-order valence-electron chi connectivity index (χ0n) is 20.1. The summed E-state index contributed by atoms with van der Waals surface area (Å²) in [6.45, 7) is 6.76. The number of nitrogens with one attached hydrogen (secondary N) is 1. The second-order valence-electron chi connectivity index (χ2n) is 8.73. The standard InChI is InChI=1S/C24H35ClN4O4.ClH/c1-16(2)29(17-8-7-11-27-14-17)24(31)23-21(25)18-9-6-10-19(33-15-20(26)30)22(18)28(23)12-4-5-13-32-3;/h6,9-10,16-17,27H,4-5,7-8,11-15H2,1-3H3,(H2,26,30);1H/t17-;/m1./s1. The van der Waals surface area contributed by atoms with Gasteiger partial charge in [-0.3, -0.25) is 9.59 Å². The molecule has 1 aliphatic rings. The normalized spacial score (nSPS) is 15.9. The van der Waals surface area contributed by atoms with Crippen LogP contribution in [-0.2, 0) is 16.1 Å². The van der Waals surface area contributed by atoms with Gasteiger partial charge in [0, 0.05) is 44.3 Å². The smallest absolute Gasteiger partial charge is 0.272 e. The van der Waals surface area contributed by atoms with Crippen molar-refractivity contribution >= 4 is 46.7 Å². The van der Waals surface area contributed by atoms with E-state index < -0.39 is 5.91 Å².